The molecule has 0 unspecified atom stereocenters. The van der Waals surface area contributed by atoms with Gasteiger partial charge in [0.1, 0.15) is 0 Å². The van der Waals surface area contributed by atoms with E-state index in [4.69, 9.17) is 0 Å². The van der Waals surface area contributed by atoms with Gasteiger partial charge in [-0.2, -0.15) is 4.39 Å². The van der Waals surface area contributed by atoms with E-state index in [9.17, 15) is 19.3 Å². The fourth-order valence-corrected chi connectivity index (χ4v) is 1.08. The Bertz CT molecular complexity index is 406. The largest absolute Gasteiger partial charge is 0.359 e. The van der Waals surface area contributed by atoms with Crippen LogP contribution in [0.3, 0.4) is 0 Å². The average molecular weight is 212 g/mol. The van der Waals surface area contributed by atoms with Gasteiger partial charge in [-0.25, -0.2) is 0 Å². The van der Waals surface area contributed by atoms with Gasteiger partial charge in [0.05, 0.1) is 11.3 Å². The summed E-state index contributed by atoms with van der Waals surface area (Å²) in [5, 5.41) is 12.7. The molecule has 0 saturated carbocycles. The van der Waals surface area contributed by atoms with Gasteiger partial charge in [-0.15, -0.1) is 0 Å². The van der Waals surface area contributed by atoms with E-state index in [0.29, 0.717) is 5.56 Å². The molecule has 1 rings (SSSR count). The molecule has 1 amide bonds. The van der Waals surface area contributed by atoms with E-state index in [-0.39, 0.29) is 12.3 Å². The third-order valence-corrected chi connectivity index (χ3v) is 1.85. The minimum absolute atomic E-state index is 0.00537. The van der Waals surface area contributed by atoms with E-state index in [1.54, 1.807) is 0 Å². The predicted octanol–water partition coefficient (Wildman–Crippen LogP) is 1.02. The quantitative estimate of drug-likeness (QED) is 0.600. The van der Waals surface area contributed by atoms with Gasteiger partial charge in [-0.1, -0.05) is 6.07 Å². The monoisotopic (exact) mass is 212 g/mol. The highest BCUT2D eigenvalue weighted by Crippen LogP contribution is 2.18. The van der Waals surface area contributed by atoms with E-state index in [0.717, 1.165) is 12.1 Å². The van der Waals surface area contributed by atoms with Crippen molar-refractivity contribution >= 4 is 11.6 Å². The smallest absolute Gasteiger partial charge is 0.304 e. The highest BCUT2D eigenvalue weighted by molar-refractivity contribution is 5.78. The number of halogens is 1. The van der Waals surface area contributed by atoms with Gasteiger partial charge in [0.2, 0.25) is 11.7 Å². The number of rotatable bonds is 3. The zero-order valence-corrected chi connectivity index (χ0v) is 7.99. The van der Waals surface area contributed by atoms with Gasteiger partial charge >= 0.3 is 5.69 Å². The molecule has 0 radical (unpaired) electrons. The summed E-state index contributed by atoms with van der Waals surface area (Å²) >= 11 is 0. The Balaban J connectivity index is 2.91. The fourth-order valence-electron chi connectivity index (χ4n) is 1.08. The average Bonchev–Trinajstić information content (AvgIpc) is 2.17. The van der Waals surface area contributed by atoms with Crippen molar-refractivity contribution in [3.05, 3.63) is 39.7 Å². The first kappa shape index (κ1) is 11.1. The third kappa shape index (κ3) is 2.73. The van der Waals surface area contributed by atoms with Crippen LogP contribution < -0.4 is 5.32 Å². The van der Waals surface area contributed by atoms with Crippen LogP contribution in [0, 0.1) is 15.9 Å². The van der Waals surface area contributed by atoms with E-state index in [1.165, 1.54) is 13.1 Å². The summed E-state index contributed by atoms with van der Waals surface area (Å²) in [5.74, 6) is -1.20. The number of benzene rings is 1. The standard InChI is InChI=1S/C9H9FN2O3/c1-11-9(13)5-6-2-3-8(12(14)15)7(10)4-6/h2-4H,5H2,1H3,(H,11,13). The van der Waals surface area contributed by atoms with Crippen LogP contribution in [0.5, 0.6) is 0 Å². The number of amides is 1. The van der Waals surface area contributed by atoms with Gasteiger partial charge in [0.15, 0.2) is 0 Å². The van der Waals surface area contributed by atoms with E-state index >= 15 is 0 Å². The predicted molar refractivity (Wildman–Crippen MR) is 50.8 cm³/mol. The maximum Gasteiger partial charge on any atom is 0.304 e. The van der Waals surface area contributed by atoms with Crippen LogP contribution in [0.2, 0.25) is 0 Å². The topological polar surface area (TPSA) is 72.2 Å². The highest BCUT2D eigenvalue weighted by Gasteiger charge is 2.14. The number of hydrogen-bond acceptors (Lipinski definition) is 3. The molecule has 1 aromatic rings. The molecule has 0 bridgehead atoms. The lowest BCUT2D eigenvalue weighted by molar-refractivity contribution is -0.387. The molecule has 0 aliphatic carbocycles. The zero-order chi connectivity index (χ0) is 11.4. The van der Waals surface area contributed by atoms with Crippen molar-refractivity contribution in [3.8, 4) is 0 Å². The van der Waals surface area contributed by atoms with Gasteiger partial charge in [0, 0.05) is 13.1 Å². The number of hydrogen-bond donors (Lipinski definition) is 1. The normalized spacial score (nSPS) is 9.73. The molecular weight excluding hydrogens is 203 g/mol. The molecule has 0 aliphatic rings. The van der Waals surface area contributed by atoms with E-state index < -0.39 is 16.4 Å². The maximum atomic E-state index is 13.1. The summed E-state index contributed by atoms with van der Waals surface area (Å²) in [7, 11) is 1.46. The summed E-state index contributed by atoms with van der Waals surface area (Å²) in [6, 6.07) is 3.40. The van der Waals surface area contributed by atoms with Crippen LogP contribution in [-0.2, 0) is 11.2 Å². The van der Waals surface area contributed by atoms with Crippen LogP contribution in [0.15, 0.2) is 18.2 Å². The number of likely N-dealkylation sites (N-methyl/N-ethyl adjacent to an activating group) is 1. The number of nitrogens with one attached hydrogen (secondary N) is 1. The molecule has 6 heteroatoms. The molecule has 1 N–H and O–H groups in total. The first-order valence-electron chi connectivity index (χ1n) is 4.18. The van der Waals surface area contributed by atoms with Crippen LogP contribution >= 0.6 is 0 Å². The molecule has 5 nitrogen and oxygen atoms in total. The second kappa shape index (κ2) is 4.50. The lowest BCUT2D eigenvalue weighted by Crippen LogP contribution is -2.19. The number of carbonyl (C=O) groups excluding carboxylic acids is 1. The number of nitrogens with zero attached hydrogens (tertiary/aromatic N) is 1. The number of carbonyl (C=O) groups is 1. The second-order valence-electron chi connectivity index (χ2n) is 2.89. The van der Waals surface area contributed by atoms with Gasteiger partial charge in [-0.3, -0.25) is 14.9 Å². The lowest BCUT2D eigenvalue weighted by Gasteiger charge is -2.00. The van der Waals surface area contributed by atoms with Crippen LogP contribution in [0.1, 0.15) is 5.56 Å². The summed E-state index contributed by atoms with van der Waals surface area (Å²) < 4.78 is 13.1. The van der Waals surface area contributed by atoms with E-state index in [1.807, 2.05) is 0 Å². The van der Waals surface area contributed by atoms with Crippen molar-refractivity contribution < 1.29 is 14.1 Å². The van der Waals surface area contributed by atoms with Crippen molar-refractivity contribution in [2.24, 2.45) is 0 Å². The van der Waals surface area contributed by atoms with Crippen molar-refractivity contribution in [2.75, 3.05) is 7.05 Å². The molecule has 0 spiro atoms. The SMILES string of the molecule is CNC(=O)Cc1ccc([N+](=O)[O-])c(F)c1. The molecule has 0 fully saturated rings. The third-order valence-electron chi connectivity index (χ3n) is 1.85. The minimum atomic E-state index is -0.929. The molecule has 0 aliphatic heterocycles. The lowest BCUT2D eigenvalue weighted by atomic mass is 10.1. The summed E-state index contributed by atoms with van der Waals surface area (Å²) in [5.41, 5.74) is -0.187. The minimum Gasteiger partial charge on any atom is -0.359 e. The van der Waals surface area contributed by atoms with Crippen molar-refractivity contribution in [1.29, 1.82) is 0 Å². The second-order valence-corrected chi connectivity index (χ2v) is 2.89. The number of nitro groups is 1. The Morgan fingerprint density at radius 3 is 2.73 bits per heavy atom. The fraction of sp³-hybridized carbons (Fsp3) is 0.222. The molecule has 0 aromatic heterocycles. The molecule has 80 valence electrons. The molecule has 0 heterocycles. The number of nitro benzene ring substituents is 1. The summed E-state index contributed by atoms with van der Waals surface area (Å²) in [4.78, 5) is 20.4. The van der Waals surface area contributed by atoms with Crippen molar-refractivity contribution in [3.63, 3.8) is 0 Å². The first-order valence-corrected chi connectivity index (χ1v) is 4.18. The Morgan fingerprint density at radius 2 is 2.27 bits per heavy atom. The molecular formula is C9H9FN2O3. The molecule has 1 aromatic carbocycles. The van der Waals surface area contributed by atoms with Gasteiger partial charge < -0.3 is 5.32 Å². The maximum absolute atomic E-state index is 13.1. The first-order chi connectivity index (χ1) is 7.04. The Hall–Kier alpha value is -1.98. The Labute approximate surface area is 85.1 Å². The highest BCUT2D eigenvalue weighted by atomic mass is 19.1. The van der Waals surface area contributed by atoms with Crippen LogP contribution in [-0.4, -0.2) is 17.9 Å². The molecule has 0 saturated heterocycles. The van der Waals surface area contributed by atoms with Crippen molar-refractivity contribution in [1.82, 2.24) is 5.32 Å². The van der Waals surface area contributed by atoms with E-state index in [2.05, 4.69) is 5.32 Å². The van der Waals surface area contributed by atoms with Crippen LogP contribution in [0.25, 0.3) is 0 Å². The zero-order valence-electron chi connectivity index (χ0n) is 7.99. The van der Waals surface area contributed by atoms with Crippen LogP contribution in [0.4, 0.5) is 10.1 Å². The Morgan fingerprint density at radius 1 is 1.60 bits per heavy atom. The summed E-state index contributed by atoms with van der Waals surface area (Å²) in [6.45, 7) is 0. The Kier molecular flexibility index (Phi) is 3.33. The van der Waals surface area contributed by atoms with Gasteiger partial charge in [-0.05, 0) is 11.6 Å². The molecule has 15 heavy (non-hydrogen) atoms. The van der Waals surface area contributed by atoms with Crippen molar-refractivity contribution in [2.45, 2.75) is 6.42 Å². The molecule has 0 atom stereocenters. The summed E-state index contributed by atoms with van der Waals surface area (Å²) in [6.07, 6.45) is 0.00537. The van der Waals surface area contributed by atoms with Gasteiger partial charge in [0.25, 0.3) is 0 Å².